The number of allylic oxidation sites excluding steroid dienone is 1. The minimum absolute atomic E-state index is 0.0214. The predicted molar refractivity (Wildman–Crippen MR) is 159 cm³/mol. The second-order valence-electron chi connectivity index (χ2n) is 8.40. The van der Waals surface area contributed by atoms with Gasteiger partial charge in [0.2, 0.25) is 0 Å². The Morgan fingerprint density at radius 2 is 1.76 bits per heavy atom. The Bertz CT molecular complexity index is 1210. The van der Waals surface area contributed by atoms with Crippen LogP contribution in [-0.4, -0.2) is 88.7 Å². The van der Waals surface area contributed by atoms with E-state index in [-0.39, 0.29) is 37.2 Å². The molecule has 5 N–H and O–H groups in total. The molecule has 12 nitrogen and oxygen atoms in total. The number of ether oxygens (including phenoxy) is 4. The zero-order valence-corrected chi connectivity index (χ0v) is 24.3. The first kappa shape index (κ1) is 33.5. The lowest BCUT2D eigenvalue weighted by Crippen LogP contribution is -2.28. The number of nitrogens with two attached hydrogens (primary N) is 1. The normalized spacial score (nSPS) is 11.4. The van der Waals surface area contributed by atoms with Crippen molar-refractivity contribution in [2.45, 2.75) is 4.90 Å². The molecule has 0 atom stereocenters. The van der Waals surface area contributed by atoms with Gasteiger partial charge in [0.15, 0.2) is 11.5 Å². The second-order valence-corrected chi connectivity index (χ2v) is 8.91. The number of aromatic nitrogens is 2. The molecule has 0 spiro atoms. The van der Waals surface area contributed by atoms with Crippen LogP contribution in [-0.2, 0) is 23.7 Å². The van der Waals surface area contributed by atoms with Crippen LogP contribution in [0.4, 0.5) is 5.82 Å². The molecule has 0 unspecified atom stereocenters. The van der Waals surface area contributed by atoms with Gasteiger partial charge in [-0.15, -0.1) is 12.6 Å². The Balaban J connectivity index is 1.96. The number of likely N-dealkylation sites (N-methyl/N-ethyl adjacent to an activating group) is 1. The fourth-order valence-electron chi connectivity index (χ4n) is 3.31. The highest BCUT2D eigenvalue weighted by atomic mass is 32.1. The van der Waals surface area contributed by atoms with E-state index in [0.29, 0.717) is 55.6 Å². The number of thiol groups is 1. The summed E-state index contributed by atoms with van der Waals surface area (Å²) in [6, 6.07) is 7.28. The van der Waals surface area contributed by atoms with E-state index in [2.05, 4.69) is 56.4 Å². The Morgan fingerprint density at radius 3 is 2.41 bits per heavy atom. The number of rotatable bonds is 19. The highest BCUT2D eigenvalue weighted by Crippen LogP contribution is 2.21. The number of anilines is 1. The number of esters is 1. The quantitative estimate of drug-likeness (QED) is 0.0537. The highest BCUT2D eigenvalue weighted by Gasteiger charge is 2.19. The van der Waals surface area contributed by atoms with Gasteiger partial charge in [0, 0.05) is 29.1 Å². The summed E-state index contributed by atoms with van der Waals surface area (Å²) in [6.07, 6.45) is 2.95. The molecule has 0 aliphatic heterocycles. The van der Waals surface area contributed by atoms with E-state index in [1.54, 1.807) is 7.05 Å². The van der Waals surface area contributed by atoms with Crippen molar-refractivity contribution in [3.05, 3.63) is 72.4 Å². The summed E-state index contributed by atoms with van der Waals surface area (Å²) in [7, 11) is 3.10. The van der Waals surface area contributed by atoms with Crippen LogP contribution in [0.1, 0.15) is 10.5 Å². The Morgan fingerprint density at radius 1 is 1.07 bits per heavy atom. The van der Waals surface area contributed by atoms with Crippen LogP contribution in [0.25, 0.3) is 11.3 Å². The number of benzene rings is 1. The number of nitrogens with one attached hydrogen (secondary N) is 3. The molecule has 1 aromatic carbocycles. The van der Waals surface area contributed by atoms with Crippen LogP contribution in [0.3, 0.4) is 0 Å². The third kappa shape index (κ3) is 11.7. The summed E-state index contributed by atoms with van der Waals surface area (Å²) in [6.45, 7) is 10.5. The Labute approximate surface area is 245 Å². The SMILES string of the molecule is C=C/C(NC(=O)c1nc(-c2ccc(S)cc2)cnc1N)=C(/OCCOCCOCCNCC(=O)OC)C(=C)CNC. The molecular formula is C28H38N6O6S. The minimum Gasteiger partial charge on any atom is -0.489 e. The monoisotopic (exact) mass is 586 g/mol. The average molecular weight is 587 g/mol. The first-order valence-electron chi connectivity index (χ1n) is 12.8. The van der Waals surface area contributed by atoms with Gasteiger partial charge >= 0.3 is 5.97 Å². The van der Waals surface area contributed by atoms with Gasteiger partial charge in [0.1, 0.15) is 12.4 Å². The van der Waals surface area contributed by atoms with Gasteiger partial charge < -0.3 is 40.6 Å². The maximum Gasteiger partial charge on any atom is 0.319 e. The molecule has 0 aliphatic carbocycles. The van der Waals surface area contributed by atoms with Crippen LogP contribution in [0.2, 0.25) is 0 Å². The fraction of sp³-hybridized carbons (Fsp3) is 0.357. The number of amides is 1. The third-order valence-electron chi connectivity index (χ3n) is 5.35. The number of methoxy groups -OCH3 is 1. The van der Waals surface area contributed by atoms with Crippen molar-refractivity contribution in [3.63, 3.8) is 0 Å². The summed E-state index contributed by atoms with van der Waals surface area (Å²) in [5.41, 5.74) is 8.07. The van der Waals surface area contributed by atoms with Gasteiger partial charge in [0.05, 0.1) is 57.7 Å². The molecule has 0 saturated heterocycles. The van der Waals surface area contributed by atoms with E-state index >= 15 is 0 Å². The fourth-order valence-corrected chi connectivity index (χ4v) is 3.46. The maximum absolute atomic E-state index is 13.2. The van der Waals surface area contributed by atoms with Gasteiger partial charge in [-0.25, -0.2) is 9.97 Å². The molecule has 2 aromatic rings. The summed E-state index contributed by atoms with van der Waals surface area (Å²) >= 11 is 4.29. The minimum atomic E-state index is -0.578. The molecule has 41 heavy (non-hydrogen) atoms. The molecule has 1 amide bonds. The van der Waals surface area contributed by atoms with Crippen LogP contribution in [0, 0.1) is 0 Å². The van der Waals surface area contributed by atoms with E-state index in [1.807, 2.05) is 24.3 Å². The van der Waals surface area contributed by atoms with Gasteiger partial charge in [-0.05, 0) is 25.3 Å². The van der Waals surface area contributed by atoms with Crippen LogP contribution < -0.4 is 21.7 Å². The molecule has 0 radical (unpaired) electrons. The maximum atomic E-state index is 13.2. The number of hydrogen-bond acceptors (Lipinski definition) is 12. The third-order valence-corrected chi connectivity index (χ3v) is 5.65. The smallest absolute Gasteiger partial charge is 0.319 e. The topological polar surface area (TPSA) is 159 Å². The van der Waals surface area contributed by atoms with Crippen LogP contribution in [0.15, 0.2) is 71.6 Å². The van der Waals surface area contributed by atoms with Gasteiger partial charge in [-0.2, -0.15) is 0 Å². The van der Waals surface area contributed by atoms with Gasteiger partial charge in [-0.1, -0.05) is 25.3 Å². The first-order chi connectivity index (χ1) is 19.8. The predicted octanol–water partition coefficient (Wildman–Crippen LogP) is 1.73. The van der Waals surface area contributed by atoms with Crippen LogP contribution in [0.5, 0.6) is 0 Å². The van der Waals surface area contributed by atoms with E-state index < -0.39 is 5.91 Å². The highest BCUT2D eigenvalue weighted by molar-refractivity contribution is 7.80. The molecule has 1 heterocycles. The molecule has 0 bridgehead atoms. The summed E-state index contributed by atoms with van der Waals surface area (Å²) in [4.78, 5) is 33.6. The lowest BCUT2D eigenvalue weighted by molar-refractivity contribution is -0.139. The van der Waals surface area contributed by atoms with Crippen molar-refractivity contribution in [3.8, 4) is 11.3 Å². The lowest BCUT2D eigenvalue weighted by atomic mass is 10.1. The van der Waals surface area contributed by atoms with Crippen molar-refractivity contribution in [1.29, 1.82) is 0 Å². The number of nitrogens with zero attached hydrogens (tertiary/aromatic N) is 2. The largest absolute Gasteiger partial charge is 0.489 e. The Kier molecular flexibility index (Phi) is 15.2. The molecular weight excluding hydrogens is 548 g/mol. The molecule has 0 saturated carbocycles. The van der Waals surface area contributed by atoms with Gasteiger partial charge in [0.25, 0.3) is 5.91 Å². The van der Waals surface area contributed by atoms with Crippen molar-refractivity contribution >= 4 is 30.3 Å². The van der Waals surface area contributed by atoms with E-state index in [1.165, 1.54) is 19.4 Å². The molecule has 0 fully saturated rings. The van der Waals surface area contributed by atoms with Crippen LogP contribution >= 0.6 is 12.6 Å². The Hall–Kier alpha value is -3.75. The van der Waals surface area contributed by atoms with E-state index in [9.17, 15) is 9.59 Å². The molecule has 13 heteroatoms. The number of carbonyl (C=O) groups is 2. The number of nitrogen functional groups attached to an aromatic ring is 1. The standard InChI is InChI=1S/C28H38N6O6S/c1-5-22(34-28(36)25-27(29)32-17-23(33-25)20-6-8-21(41)9-7-20)26(19(2)16-30-3)40-15-14-39-13-12-38-11-10-31-18-24(35)37-4/h5-9,17,30-31,41H,1-2,10-16,18H2,3-4H3,(H2,29,32)(H,34,36)/b26-22-. The second kappa shape index (κ2) is 18.6. The van der Waals surface area contributed by atoms with E-state index in [4.69, 9.17) is 19.9 Å². The average Bonchev–Trinajstić information content (AvgIpc) is 2.97. The van der Waals surface area contributed by atoms with Crippen molar-refractivity contribution < 1.29 is 28.5 Å². The zero-order chi connectivity index (χ0) is 30.0. The summed E-state index contributed by atoms with van der Waals surface area (Å²) in [5, 5.41) is 8.68. The molecule has 1 aromatic heterocycles. The van der Waals surface area contributed by atoms with Gasteiger partial charge in [-0.3, -0.25) is 9.59 Å². The van der Waals surface area contributed by atoms with Crippen molar-refractivity contribution in [1.82, 2.24) is 25.9 Å². The summed E-state index contributed by atoms with van der Waals surface area (Å²) in [5.74, 6) is -0.593. The van der Waals surface area contributed by atoms with Crippen molar-refractivity contribution in [2.75, 3.05) is 72.6 Å². The van der Waals surface area contributed by atoms with E-state index in [0.717, 1.165) is 10.5 Å². The van der Waals surface area contributed by atoms with Crippen molar-refractivity contribution in [2.24, 2.45) is 0 Å². The lowest BCUT2D eigenvalue weighted by Gasteiger charge is -2.18. The zero-order valence-electron chi connectivity index (χ0n) is 23.4. The number of carbonyl (C=O) groups excluding carboxylic acids is 2. The molecule has 222 valence electrons. The molecule has 2 rings (SSSR count). The number of hydrogen-bond donors (Lipinski definition) is 5. The molecule has 0 aliphatic rings. The summed E-state index contributed by atoms with van der Waals surface area (Å²) < 4.78 is 21.5. The first-order valence-corrected chi connectivity index (χ1v) is 13.2.